The van der Waals surface area contributed by atoms with Crippen molar-refractivity contribution in [1.29, 1.82) is 0 Å². The zero-order valence-electron chi connectivity index (χ0n) is 10.5. The second-order valence-electron chi connectivity index (χ2n) is 5.40. The molecule has 0 unspecified atom stereocenters. The molecule has 2 atom stereocenters. The molecule has 0 aromatic heterocycles. The van der Waals surface area contributed by atoms with Gasteiger partial charge in [-0.05, 0) is 20.8 Å². The predicted molar refractivity (Wildman–Crippen MR) is 69.3 cm³/mol. The molecule has 0 aromatic carbocycles. The van der Waals surface area contributed by atoms with Gasteiger partial charge in [0.1, 0.15) is 11.2 Å². The highest BCUT2D eigenvalue weighted by Gasteiger charge is 2.50. The molecular weight excluding hydrogens is 220 g/mol. The van der Waals surface area contributed by atoms with E-state index in [2.05, 4.69) is 37.6 Å². The molecular formula is C12H22N2OS. The Bertz CT molecular complexity index is 282. The summed E-state index contributed by atoms with van der Waals surface area (Å²) in [5.74, 6) is 0.973. The summed E-state index contributed by atoms with van der Waals surface area (Å²) in [4.78, 5) is 2.44. The molecule has 2 rings (SSSR count). The van der Waals surface area contributed by atoms with Crippen LogP contribution in [0.25, 0.3) is 0 Å². The number of hydrogen-bond donors (Lipinski definition) is 1. The van der Waals surface area contributed by atoms with Gasteiger partial charge in [-0.3, -0.25) is 5.32 Å². The van der Waals surface area contributed by atoms with Crippen LogP contribution >= 0.6 is 11.8 Å². The van der Waals surface area contributed by atoms with Gasteiger partial charge in [0, 0.05) is 24.3 Å². The Balaban J connectivity index is 2.13. The highest BCUT2D eigenvalue weighted by molar-refractivity contribution is 7.99. The Morgan fingerprint density at radius 1 is 1.56 bits per heavy atom. The maximum absolute atomic E-state index is 5.94. The lowest BCUT2D eigenvalue weighted by molar-refractivity contribution is -0.121. The van der Waals surface area contributed by atoms with E-state index in [4.69, 9.17) is 4.74 Å². The largest absolute Gasteiger partial charge is 0.359 e. The van der Waals surface area contributed by atoms with Crippen LogP contribution in [0.5, 0.6) is 0 Å². The standard InChI is InChI=1S/C12H22N2OS/c1-5-8-16-10-13-11(2,3)9-12(4)14(10)6-7-15-12/h5,10,13H,1,6-9H2,2-4H3/t10-,12-/m0/s1. The number of ether oxygens (including phenoxy) is 1. The highest BCUT2D eigenvalue weighted by atomic mass is 32.2. The van der Waals surface area contributed by atoms with Gasteiger partial charge in [-0.1, -0.05) is 6.08 Å². The quantitative estimate of drug-likeness (QED) is 0.765. The molecule has 3 nitrogen and oxygen atoms in total. The first-order valence-electron chi connectivity index (χ1n) is 5.88. The molecule has 0 aliphatic carbocycles. The highest BCUT2D eigenvalue weighted by Crippen LogP contribution is 2.39. The van der Waals surface area contributed by atoms with E-state index in [0.29, 0.717) is 5.50 Å². The molecule has 0 aromatic rings. The first-order valence-corrected chi connectivity index (χ1v) is 6.93. The number of fused-ring (bicyclic) bond motifs is 1. The summed E-state index contributed by atoms with van der Waals surface area (Å²) in [7, 11) is 0. The SMILES string of the molecule is C=CCS[C@H]1NC(C)(C)C[C@]2(C)OCCN12. The van der Waals surface area contributed by atoms with Crippen molar-refractivity contribution in [3.8, 4) is 0 Å². The van der Waals surface area contributed by atoms with Crippen molar-refractivity contribution in [3.05, 3.63) is 12.7 Å². The minimum absolute atomic E-state index is 0.0897. The number of nitrogens with zero attached hydrogens (tertiary/aromatic N) is 1. The maximum atomic E-state index is 5.94. The van der Waals surface area contributed by atoms with E-state index in [-0.39, 0.29) is 11.3 Å². The average Bonchev–Trinajstić information content (AvgIpc) is 2.53. The van der Waals surface area contributed by atoms with Crippen LogP contribution in [0, 0.1) is 0 Å². The summed E-state index contributed by atoms with van der Waals surface area (Å²) in [5, 5.41) is 3.69. The summed E-state index contributed by atoms with van der Waals surface area (Å²) >= 11 is 1.89. The van der Waals surface area contributed by atoms with Gasteiger partial charge in [0.05, 0.1) is 6.61 Å². The second-order valence-corrected chi connectivity index (χ2v) is 6.51. The number of nitrogens with one attached hydrogen (secondary N) is 1. The average molecular weight is 242 g/mol. The van der Waals surface area contributed by atoms with Crippen LogP contribution in [0.15, 0.2) is 12.7 Å². The van der Waals surface area contributed by atoms with Crippen molar-refractivity contribution >= 4 is 11.8 Å². The van der Waals surface area contributed by atoms with Gasteiger partial charge in [-0.2, -0.15) is 0 Å². The summed E-state index contributed by atoms with van der Waals surface area (Å²) in [6, 6.07) is 0. The zero-order chi connectivity index (χ0) is 11.8. The van der Waals surface area contributed by atoms with E-state index >= 15 is 0 Å². The van der Waals surface area contributed by atoms with E-state index in [1.807, 2.05) is 17.8 Å². The summed E-state index contributed by atoms with van der Waals surface area (Å²) in [6.07, 6.45) is 2.99. The molecule has 0 saturated carbocycles. The van der Waals surface area contributed by atoms with Crippen molar-refractivity contribution in [2.24, 2.45) is 0 Å². The van der Waals surface area contributed by atoms with Gasteiger partial charge < -0.3 is 4.74 Å². The Morgan fingerprint density at radius 3 is 3.00 bits per heavy atom. The Kier molecular flexibility index (Phi) is 3.36. The minimum atomic E-state index is -0.0897. The molecule has 2 saturated heterocycles. The Labute approximate surface area is 103 Å². The lowest BCUT2D eigenvalue weighted by Gasteiger charge is -2.50. The molecule has 4 heteroatoms. The van der Waals surface area contributed by atoms with Gasteiger partial charge >= 0.3 is 0 Å². The van der Waals surface area contributed by atoms with E-state index in [9.17, 15) is 0 Å². The lowest BCUT2D eigenvalue weighted by atomic mass is 9.91. The van der Waals surface area contributed by atoms with Crippen LogP contribution in [0.4, 0.5) is 0 Å². The van der Waals surface area contributed by atoms with Gasteiger partial charge in [0.2, 0.25) is 0 Å². The van der Waals surface area contributed by atoms with Crippen LogP contribution in [0.2, 0.25) is 0 Å². The zero-order valence-corrected chi connectivity index (χ0v) is 11.3. The maximum Gasteiger partial charge on any atom is 0.122 e. The molecule has 16 heavy (non-hydrogen) atoms. The molecule has 0 radical (unpaired) electrons. The van der Waals surface area contributed by atoms with Crippen LogP contribution in [-0.4, -0.2) is 40.6 Å². The van der Waals surface area contributed by atoms with Crippen molar-refractivity contribution in [1.82, 2.24) is 10.2 Å². The van der Waals surface area contributed by atoms with E-state index in [0.717, 1.165) is 25.3 Å². The van der Waals surface area contributed by atoms with Crippen LogP contribution in [0.3, 0.4) is 0 Å². The van der Waals surface area contributed by atoms with Crippen molar-refractivity contribution in [3.63, 3.8) is 0 Å². The topological polar surface area (TPSA) is 24.5 Å². The molecule has 2 fully saturated rings. The second kappa shape index (κ2) is 4.33. The number of hydrogen-bond acceptors (Lipinski definition) is 4. The fourth-order valence-corrected chi connectivity index (χ4v) is 4.00. The molecule has 92 valence electrons. The summed E-state index contributed by atoms with van der Waals surface area (Å²) in [5.41, 5.74) is 0.386. The monoisotopic (exact) mass is 242 g/mol. The molecule has 0 spiro atoms. The molecule has 1 N–H and O–H groups in total. The van der Waals surface area contributed by atoms with Gasteiger partial charge in [0.15, 0.2) is 0 Å². The first kappa shape index (κ1) is 12.4. The van der Waals surface area contributed by atoms with Crippen LogP contribution in [0.1, 0.15) is 27.2 Å². The molecule has 2 heterocycles. The number of rotatable bonds is 3. The Hall–Kier alpha value is -0.0300. The minimum Gasteiger partial charge on any atom is -0.359 e. The lowest BCUT2D eigenvalue weighted by Crippen LogP contribution is -2.66. The molecule has 0 bridgehead atoms. The van der Waals surface area contributed by atoms with Crippen LogP contribution in [-0.2, 0) is 4.74 Å². The molecule has 2 aliphatic rings. The summed E-state index contributed by atoms with van der Waals surface area (Å²) < 4.78 is 5.94. The van der Waals surface area contributed by atoms with Gasteiger partial charge in [0.25, 0.3) is 0 Å². The number of thioether (sulfide) groups is 1. The Morgan fingerprint density at radius 2 is 2.31 bits per heavy atom. The third kappa shape index (κ3) is 2.30. The molecule has 0 amide bonds. The first-order chi connectivity index (χ1) is 7.47. The molecule has 2 aliphatic heterocycles. The van der Waals surface area contributed by atoms with E-state index in [1.54, 1.807) is 0 Å². The van der Waals surface area contributed by atoms with Crippen molar-refractivity contribution < 1.29 is 4.74 Å². The third-order valence-electron chi connectivity index (χ3n) is 3.29. The van der Waals surface area contributed by atoms with Crippen molar-refractivity contribution in [2.45, 2.75) is 44.0 Å². The van der Waals surface area contributed by atoms with Crippen molar-refractivity contribution in [2.75, 3.05) is 18.9 Å². The van der Waals surface area contributed by atoms with E-state index < -0.39 is 0 Å². The fourth-order valence-electron chi connectivity index (χ4n) is 2.78. The predicted octanol–water partition coefficient (Wildman–Crippen LogP) is 2.01. The third-order valence-corrected chi connectivity index (χ3v) is 4.41. The van der Waals surface area contributed by atoms with Gasteiger partial charge in [-0.25, -0.2) is 4.90 Å². The van der Waals surface area contributed by atoms with E-state index in [1.165, 1.54) is 0 Å². The fraction of sp³-hybridized carbons (Fsp3) is 0.833. The smallest absolute Gasteiger partial charge is 0.122 e. The summed E-state index contributed by atoms with van der Waals surface area (Å²) in [6.45, 7) is 12.4. The van der Waals surface area contributed by atoms with Gasteiger partial charge in [-0.15, -0.1) is 18.3 Å². The normalized spacial score (nSPS) is 38.3. The van der Waals surface area contributed by atoms with Crippen LogP contribution < -0.4 is 5.32 Å².